The monoisotopic (exact) mass is 344 g/mol. The third kappa shape index (κ3) is 5.81. The zero-order valence-electron chi connectivity index (χ0n) is 15.7. The molecular formula is C19H28N4O2. The summed E-state index contributed by atoms with van der Waals surface area (Å²) in [6.07, 6.45) is 1.78. The molecule has 136 valence electrons. The first-order chi connectivity index (χ1) is 11.9. The molecule has 2 rings (SSSR count). The summed E-state index contributed by atoms with van der Waals surface area (Å²) in [5.41, 5.74) is 1.08. The lowest BCUT2D eigenvalue weighted by Gasteiger charge is -2.14. The molecule has 2 N–H and O–H groups in total. The first-order valence-electron chi connectivity index (χ1n) is 8.48. The molecule has 6 heteroatoms. The summed E-state index contributed by atoms with van der Waals surface area (Å²) in [6, 6.07) is 7.97. The minimum absolute atomic E-state index is 0.0436. The topological polar surface area (TPSA) is 71.7 Å². The van der Waals surface area contributed by atoms with Crippen LogP contribution >= 0.6 is 0 Å². The lowest BCUT2D eigenvalue weighted by Crippen LogP contribution is -2.39. The van der Waals surface area contributed by atoms with Crippen LogP contribution in [0.1, 0.15) is 38.0 Å². The first kappa shape index (κ1) is 18.8. The van der Waals surface area contributed by atoms with Crippen LogP contribution < -0.4 is 15.4 Å². The number of nitrogens with one attached hydrogen (secondary N) is 2. The Labute approximate surface area is 149 Å². The molecule has 0 radical (unpaired) electrons. The number of aliphatic imine (C=N–C) groups is 1. The van der Waals surface area contributed by atoms with Gasteiger partial charge in [0.2, 0.25) is 5.89 Å². The second-order valence-corrected chi connectivity index (χ2v) is 6.83. The molecule has 0 amide bonds. The highest BCUT2D eigenvalue weighted by molar-refractivity contribution is 5.79. The maximum atomic E-state index is 5.76. The van der Waals surface area contributed by atoms with Gasteiger partial charge in [-0.15, -0.1) is 0 Å². The number of rotatable bonds is 6. The van der Waals surface area contributed by atoms with Crippen molar-refractivity contribution in [2.45, 2.75) is 39.7 Å². The molecule has 1 heterocycles. The fraction of sp³-hybridized carbons (Fsp3) is 0.474. The number of benzene rings is 1. The lowest BCUT2D eigenvalue weighted by molar-refractivity contribution is 0.319. The molecule has 0 atom stereocenters. The highest BCUT2D eigenvalue weighted by Gasteiger charge is 2.19. The van der Waals surface area contributed by atoms with E-state index in [4.69, 9.17) is 9.15 Å². The average molecular weight is 344 g/mol. The van der Waals surface area contributed by atoms with Crippen LogP contribution in [0.15, 0.2) is 39.9 Å². The molecule has 25 heavy (non-hydrogen) atoms. The van der Waals surface area contributed by atoms with Gasteiger partial charge in [-0.1, -0.05) is 39.0 Å². The number of para-hydroxylation sites is 1. The van der Waals surface area contributed by atoms with Crippen molar-refractivity contribution in [1.82, 2.24) is 15.6 Å². The number of nitrogens with zero attached hydrogens (tertiary/aromatic N) is 2. The predicted molar refractivity (Wildman–Crippen MR) is 100 cm³/mol. The summed E-state index contributed by atoms with van der Waals surface area (Å²) in [5, 5.41) is 6.40. The largest absolute Gasteiger partial charge is 0.491 e. The fourth-order valence-electron chi connectivity index (χ4n) is 2.17. The van der Waals surface area contributed by atoms with Gasteiger partial charge in [-0.3, -0.25) is 4.99 Å². The maximum absolute atomic E-state index is 5.76. The van der Waals surface area contributed by atoms with Crippen LogP contribution in [-0.4, -0.2) is 31.1 Å². The molecular weight excluding hydrogens is 316 g/mol. The number of oxazole rings is 1. The third-order valence-corrected chi connectivity index (χ3v) is 3.67. The molecule has 0 saturated carbocycles. The van der Waals surface area contributed by atoms with Gasteiger partial charge in [0.15, 0.2) is 5.96 Å². The van der Waals surface area contributed by atoms with E-state index in [1.807, 2.05) is 31.2 Å². The summed E-state index contributed by atoms with van der Waals surface area (Å²) in [4.78, 5) is 8.49. The summed E-state index contributed by atoms with van der Waals surface area (Å²) in [7, 11) is 1.73. The number of aryl methyl sites for hydroxylation is 1. The van der Waals surface area contributed by atoms with Gasteiger partial charge in [0.05, 0.1) is 19.3 Å². The van der Waals surface area contributed by atoms with Gasteiger partial charge >= 0.3 is 0 Å². The van der Waals surface area contributed by atoms with Crippen LogP contribution in [0.3, 0.4) is 0 Å². The van der Waals surface area contributed by atoms with Crippen LogP contribution in [0.5, 0.6) is 5.75 Å². The number of hydrogen-bond donors (Lipinski definition) is 2. The van der Waals surface area contributed by atoms with Gasteiger partial charge in [-0.2, -0.15) is 0 Å². The van der Waals surface area contributed by atoms with Crippen molar-refractivity contribution in [3.05, 3.63) is 47.7 Å². The second-order valence-electron chi connectivity index (χ2n) is 6.83. The SMILES string of the molecule is CN=C(NCCOc1ccccc1C)NCc1ncc(C(C)(C)C)o1. The number of aromatic nitrogens is 1. The highest BCUT2D eigenvalue weighted by Crippen LogP contribution is 2.22. The Hall–Kier alpha value is -2.50. The zero-order chi connectivity index (χ0) is 18.3. The minimum atomic E-state index is -0.0436. The van der Waals surface area contributed by atoms with Crippen molar-refractivity contribution in [3.63, 3.8) is 0 Å². The van der Waals surface area contributed by atoms with Crippen molar-refractivity contribution < 1.29 is 9.15 Å². The van der Waals surface area contributed by atoms with E-state index in [2.05, 4.69) is 41.4 Å². The van der Waals surface area contributed by atoms with Crippen molar-refractivity contribution in [2.24, 2.45) is 4.99 Å². The van der Waals surface area contributed by atoms with Crippen molar-refractivity contribution >= 4 is 5.96 Å². The Bertz CT molecular complexity index is 701. The molecule has 2 aromatic rings. The molecule has 1 aromatic carbocycles. The molecule has 0 spiro atoms. The van der Waals surface area contributed by atoms with Crippen molar-refractivity contribution in [2.75, 3.05) is 20.2 Å². The van der Waals surface area contributed by atoms with E-state index >= 15 is 0 Å². The van der Waals surface area contributed by atoms with E-state index in [0.29, 0.717) is 31.5 Å². The van der Waals surface area contributed by atoms with Crippen LogP contribution in [0, 0.1) is 6.92 Å². The predicted octanol–water partition coefficient (Wildman–Crippen LogP) is 3.02. The number of ether oxygens (including phenoxy) is 1. The van der Waals surface area contributed by atoms with Crippen LogP contribution in [0.2, 0.25) is 0 Å². The lowest BCUT2D eigenvalue weighted by atomic mass is 9.94. The van der Waals surface area contributed by atoms with Gasteiger partial charge in [-0.05, 0) is 18.6 Å². The molecule has 0 bridgehead atoms. The second kappa shape index (κ2) is 8.55. The Kier molecular flexibility index (Phi) is 6.44. The smallest absolute Gasteiger partial charge is 0.213 e. The van der Waals surface area contributed by atoms with Crippen LogP contribution in [0.25, 0.3) is 0 Å². The third-order valence-electron chi connectivity index (χ3n) is 3.67. The van der Waals surface area contributed by atoms with E-state index in [0.717, 1.165) is 17.1 Å². The highest BCUT2D eigenvalue weighted by atomic mass is 16.5. The summed E-state index contributed by atoms with van der Waals surface area (Å²) < 4.78 is 11.5. The molecule has 0 saturated heterocycles. The van der Waals surface area contributed by atoms with Gasteiger partial charge in [0, 0.05) is 12.5 Å². The summed E-state index contributed by atoms with van der Waals surface area (Å²) in [5.74, 6) is 3.11. The summed E-state index contributed by atoms with van der Waals surface area (Å²) >= 11 is 0. The van der Waals surface area contributed by atoms with Crippen LogP contribution in [0.4, 0.5) is 0 Å². The molecule has 0 fully saturated rings. The van der Waals surface area contributed by atoms with Crippen molar-refractivity contribution in [1.29, 1.82) is 0 Å². The normalized spacial score (nSPS) is 12.1. The molecule has 6 nitrogen and oxygen atoms in total. The van der Waals surface area contributed by atoms with E-state index in [1.54, 1.807) is 13.2 Å². The first-order valence-corrected chi connectivity index (χ1v) is 8.48. The summed E-state index contributed by atoms with van der Waals surface area (Å²) in [6.45, 7) is 10.0. The van der Waals surface area contributed by atoms with Gasteiger partial charge < -0.3 is 19.8 Å². The quantitative estimate of drug-likeness (QED) is 0.479. The average Bonchev–Trinajstić information content (AvgIpc) is 3.05. The van der Waals surface area contributed by atoms with E-state index in [-0.39, 0.29) is 5.41 Å². The van der Waals surface area contributed by atoms with E-state index in [1.165, 1.54) is 0 Å². The molecule has 0 aliphatic heterocycles. The Morgan fingerprint density at radius 3 is 2.64 bits per heavy atom. The Morgan fingerprint density at radius 1 is 1.24 bits per heavy atom. The Morgan fingerprint density at radius 2 is 2.00 bits per heavy atom. The Balaban J connectivity index is 1.74. The van der Waals surface area contributed by atoms with Gasteiger partial charge in [-0.25, -0.2) is 4.98 Å². The van der Waals surface area contributed by atoms with Crippen molar-refractivity contribution in [3.8, 4) is 5.75 Å². The standard InChI is InChI=1S/C19H28N4O2/c1-14-8-6-7-9-15(14)24-11-10-21-18(20-5)23-13-17-22-12-16(25-17)19(2,3)4/h6-9,12H,10-11,13H2,1-5H3,(H2,20,21,23). The minimum Gasteiger partial charge on any atom is -0.491 e. The zero-order valence-corrected chi connectivity index (χ0v) is 15.7. The number of guanidine groups is 1. The number of hydrogen-bond acceptors (Lipinski definition) is 4. The van der Waals surface area contributed by atoms with Gasteiger partial charge in [0.1, 0.15) is 18.1 Å². The molecule has 0 aliphatic carbocycles. The molecule has 0 unspecified atom stereocenters. The maximum Gasteiger partial charge on any atom is 0.213 e. The van der Waals surface area contributed by atoms with Gasteiger partial charge in [0.25, 0.3) is 0 Å². The van der Waals surface area contributed by atoms with Crippen LogP contribution in [-0.2, 0) is 12.0 Å². The fourth-order valence-corrected chi connectivity index (χ4v) is 2.17. The van der Waals surface area contributed by atoms with E-state index in [9.17, 15) is 0 Å². The van der Waals surface area contributed by atoms with E-state index < -0.39 is 0 Å². The molecule has 0 aliphatic rings. The molecule has 1 aromatic heterocycles.